The summed E-state index contributed by atoms with van der Waals surface area (Å²) >= 11 is 1.52. The molecule has 0 radical (unpaired) electrons. The molecule has 0 aromatic carbocycles. The van der Waals surface area contributed by atoms with E-state index in [-0.39, 0.29) is 12.1 Å². The van der Waals surface area contributed by atoms with Gasteiger partial charge in [-0.15, -0.1) is 11.3 Å². The van der Waals surface area contributed by atoms with Gasteiger partial charge in [-0.1, -0.05) is 6.92 Å². The molecule has 1 aromatic heterocycles. The Kier molecular flexibility index (Phi) is 4.76. The minimum absolute atomic E-state index is 0.0824. The zero-order chi connectivity index (χ0) is 13.8. The van der Waals surface area contributed by atoms with Crippen LogP contribution in [-0.4, -0.2) is 40.2 Å². The molecule has 0 aliphatic carbocycles. The highest BCUT2D eigenvalue weighted by molar-refractivity contribution is 7.15. The smallest absolute Gasteiger partial charge is 0.323 e. The number of carbonyl (C=O) groups is 1. The molecule has 2 N–H and O–H groups in total. The lowest BCUT2D eigenvalue weighted by atomic mass is 9.92. The second-order valence-corrected chi connectivity index (χ2v) is 6.10. The number of hydrogen-bond donors (Lipinski definition) is 2. The van der Waals surface area contributed by atoms with Crippen molar-refractivity contribution in [1.82, 2.24) is 9.88 Å². The minimum Gasteiger partial charge on any atom is -0.393 e. The maximum absolute atomic E-state index is 12.1. The summed E-state index contributed by atoms with van der Waals surface area (Å²) in [6.45, 7) is 5.29. The van der Waals surface area contributed by atoms with Gasteiger partial charge in [0.2, 0.25) is 0 Å². The standard InChI is InChI=1S/C13H21N3O2S/c1-3-11-8-14-12(19-11)15-13(18)16-6-4-10(5-7-16)9(2)17/h8-10,17H,3-7H2,1-2H3,(H,14,15,18). The van der Waals surface area contributed by atoms with Gasteiger partial charge in [0, 0.05) is 24.2 Å². The Morgan fingerprint density at radius 2 is 2.32 bits per heavy atom. The number of thiazole rings is 1. The third-order valence-corrected chi connectivity index (χ3v) is 4.68. The van der Waals surface area contributed by atoms with Crippen LogP contribution in [-0.2, 0) is 6.42 Å². The number of aliphatic hydroxyl groups excluding tert-OH is 1. The summed E-state index contributed by atoms with van der Waals surface area (Å²) in [5.74, 6) is 0.315. The molecule has 6 heteroatoms. The van der Waals surface area contributed by atoms with E-state index >= 15 is 0 Å². The van der Waals surface area contributed by atoms with Gasteiger partial charge in [-0.05, 0) is 32.1 Å². The zero-order valence-electron chi connectivity index (χ0n) is 11.4. The Bertz CT molecular complexity index is 425. The van der Waals surface area contributed by atoms with Crippen molar-refractivity contribution >= 4 is 22.5 Å². The van der Waals surface area contributed by atoms with Crippen molar-refractivity contribution in [3.05, 3.63) is 11.1 Å². The molecule has 1 atom stereocenters. The first kappa shape index (κ1) is 14.3. The summed E-state index contributed by atoms with van der Waals surface area (Å²) < 4.78 is 0. The lowest BCUT2D eigenvalue weighted by Crippen LogP contribution is -2.42. The topological polar surface area (TPSA) is 65.5 Å². The molecule has 0 bridgehead atoms. The third kappa shape index (κ3) is 3.67. The molecule has 1 aliphatic heterocycles. The predicted molar refractivity (Wildman–Crippen MR) is 76.5 cm³/mol. The molecule has 1 saturated heterocycles. The monoisotopic (exact) mass is 283 g/mol. The lowest BCUT2D eigenvalue weighted by molar-refractivity contribution is 0.0820. The van der Waals surface area contributed by atoms with Crippen molar-refractivity contribution in [2.75, 3.05) is 18.4 Å². The molecular formula is C13H21N3O2S. The lowest BCUT2D eigenvalue weighted by Gasteiger charge is -2.32. The molecule has 2 amide bonds. The molecule has 106 valence electrons. The summed E-state index contributed by atoms with van der Waals surface area (Å²) in [4.78, 5) is 19.2. The number of carbonyl (C=O) groups excluding carboxylic acids is 1. The van der Waals surface area contributed by atoms with Crippen molar-refractivity contribution in [2.24, 2.45) is 5.92 Å². The van der Waals surface area contributed by atoms with E-state index in [1.807, 2.05) is 6.92 Å². The molecule has 2 rings (SSSR count). The Labute approximate surface area is 117 Å². The minimum atomic E-state index is -0.281. The van der Waals surface area contributed by atoms with Gasteiger partial charge in [0.1, 0.15) is 0 Å². The number of rotatable bonds is 3. The maximum Gasteiger partial charge on any atom is 0.323 e. The van der Waals surface area contributed by atoms with E-state index in [0.717, 1.165) is 19.3 Å². The van der Waals surface area contributed by atoms with Crippen LogP contribution in [0.2, 0.25) is 0 Å². The van der Waals surface area contributed by atoms with Crippen LogP contribution in [0.1, 0.15) is 31.6 Å². The van der Waals surface area contributed by atoms with Crippen molar-refractivity contribution < 1.29 is 9.90 Å². The van der Waals surface area contributed by atoms with Crippen LogP contribution in [0.25, 0.3) is 0 Å². The molecule has 1 unspecified atom stereocenters. The SMILES string of the molecule is CCc1cnc(NC(=O)N2CCC(C(C)O)CC2)s1. The first-order chi connectivity index (χ1) is 9.10. The zero-order valence-corrected chi connectivity index (χ0v) is 12.2. The van der Waals surface area contributed by atoms with E-state index in [1.165, 1.54) is 16.2 Å². The number of aryl methyl sites for hydroxylation is 1. The average Bonchev–Trinajstić information content (AvgIpc) is 2.86. The largest absolute Gasteiger partial charge is 0.393 e. The van der Waals surface area contributed by atoms with Gasteiger partial charge in [-0.25, -0.2) is 9.78 Å². The molecule has 0 saturated carbocycles. The molecule has 19 heavy (non-hydrogen) atoms. The molecular weight excluding hydrogens is 262 g/mol. The van der Waals surface area contributed by atoms with Crippen LogP contribution >= 0.6 is 11.3 Å². The van der Waals surface area contributed by atoms with Crippen LogP contribution in [0.5, 0.6) is 0 Å². The van der Waals surface area contributed by atoms with Gasteiger partial charge < -0.3 is 10.0 Å². The predicted octanol–water partition coefficient (Wildman–Crippen LogP) is 2.33. The number of piperidine rings is 1. The summed E-state index contributed by atoms with van der Waals surface area (Å²) in [6, 6.07) is -0.0824. The van der Waals surface area contributed by atoms with E-state index in [4.69, 9.17) is 0 Å². The van der Waals surface area contributed by atoms with E-state index in [1.54, 1.807) is 11.1 Å². The fraction of sp³-hybridized carbons (Fsp3) is 0.692. The molecule has 1 aliphatic rings. The van der Waals surface area contributed by atoms with Crippen LogP contribution in [0.4, 0.5) is 9.93 Å². The summed E-state index contributed by atoms with van der Waals surface area (Å²) in [7, 11) is 0. The fourth-order valence-corrected chi connectivity index (χ4v) is 3.03. The number of aromatic nitrogens is 1. The Morgan fingerprint density at radius 1 is 1.63 bits per heavy atom. The van der Waals surface area contributed by atoms with Crippen molar-refractivity contribution in [2.45, 2.75) is 39.2 Å². The highest BCUT2D eigenvalue weighted by atomic mass is 32.1. The number of amides is 2. The second-order valence-electron chi connectivity index (χ2n) is 4.98. The van der Waals surface area contributed by atoms with Gasteiger partial charge >= 0.3 is 6.03 Å². The van der Waals surface area contributed by atoms with Crippen LogP contribution in [0.3, 0.4) is 0 Å². The molecule has 5 nitrogen and oxygen atoms in total. The number of anilines is 1. The molecule has 1 fully saturated rings. The first-order valence-electron chi connectivity index (χ1n) is 6.78. The maximum atomic E-state index is 12.1. The van der Waals surface area contributed by atoms with Gasteiger partial charge in [0.25, 0.3) is 0 Å². The summed E-state index contributed by atoms with van der Waals surface area (Å²) in [5.41, 5.74) is 0. The first-order valence-corrected chi connectivity index (χ1v) is 7.60. The highest BCUT2D eigenvalue weighted by Crippen LogP contribution is 2.22. The van der Waals surface area contributed by atoms with Gasteiger partial charge in [-0.2, -0.15) is 0 Å². The number of nitrogens with one attached hydrogen (secondary N) is 1. The number of likely N-dealkylation sites (tertiary alicyclic amines) is 1. The number of nitrogens with zero attached hydrogens (tertiary/aromatic N) is 2. The third-order valence-electron chi connectivity index (χ3n) is 3.62. The highest BCUT2D eigenvalue weighted by Gasteiger charge is 2.25. The van der Waals surface area contributed by atoms with E-state index in [0.29, 0.717) is 24.1 Å². The van der Waals surface area contributed by atoms with Gasteiger partial charge in [0.15, 0.2) is 5.13 Å². The van der Waals surface area contributed by atoms with E-state index < -0.39 is 0 Å². The van der Waals surface area contributed by atoms with Crippen molar-refractivity contribution in [3.8, 4) is 0 Å². The van der Waals surface area contributed by atoms with Gasteiger partial charge in [0.05, 0.1) is 6.10 Å². The van der Waals surface area contributed by atoms with Crippen LogP contribution in [0, 0.1) is 5.92 Å². The molecule has 2 heterocycles. The number of hydrogen-bond acceptors (Lipinski definition) is 4. The Balaban J connectivity index is 1.84. The van der Waals surface area contributed by atoms with Crippen LogP contribution in [0.15, 0.2) is 6.20 Å². The summed E-state index contributed by atoms with van der Waals surface area (Å²) in [5, 5.41) is 13.0. The summed E-state index contributed by atoms with van der Waals surface area (Å²) in [6.07, 6.45) is 4.19. The van der Waals surface area contributed by atoms with Gasteiger partial charge in [-0.3, -0.25) is 5.32 Å². The number of aliphatic hydroxyl groups is 1. The molecule has 1 aromatic rings. The Morgan fingerprint density at radius 3 is 2.84 bits per heavy atom. The average molecular weight is 283 g/mol. The quantitative estimate of drug-likeness (QED) is 0.894. The number of urea groups is 1. The van der Waals surface area contributed by atoms with Crippen LogP contribution < -0.4 is 5.32 Å². The van der Waals surface area contributed by atoms with E-state index in [9.17, 15) is 9.90 Å². The Hall–Kier alpha value is -1.14. The van der Waals surface area contributed by atoms with E-state index in [2.05, 4.69) is 17.2 Å². The molecule has 0 spiro atoms. The normalized spacial score (nSPS) is 18.4. The second kappa shape index (κ2) is 6.34. The van der Waals surface area contributed by atoms with Crippen molar-refractivity contribution in [3.63, 3.8) is 0 Å². The van der Waals surface area contributed by atoms with Crippen molar-refractivity contribution in [1.29, 1.82) is 0 Å². The fourth-order valence-electron chi connectivity index (χ4n) is 2.28.